The molecule has 1 aromatic heterocycles. The fourth-order valence-corrected chi connectivity index (χ4v) is 2.94. The average molecular weight is 284 g/mol. The SMILES string of the molecule is Nc1cnn(CCNC(=O)C2CCCc3ccccc32)c1. The number of carbonyl (C=O) groups is 1. The first-order valence-electron chi connectivity index (χ1n) is 7.37. The molecular formula is C16H20N4O. The van der Waals surface area contributed by atoms with E-state index >= 15 is 0 Å². The Bertz CT molecular complexity index is 635. The molecule has 0 fully saturated rings. The Morgan fingerprint density at radius 2 is 2.29 bits per heavy atom. The Labute approximate surface area is 124 Å². The number of fused-ring (bicyclic) bond motifs is 1. The van der Waals surface area contributed by atoms with Gasteiger partial charge >= 0.3 is 0 Å². The van der Waals surface area contributed by atoms with Gasteiger partial charge in [-0.15, -0.1) is 0 Å². The number of nitrogen functional groups attached to an aromatic ring is 1. The van der Waals surface area contributed by atoms with Gasteiger partial charge in [-0.3, -0.25) is 9.48 Å². The van der Waals surface area contributed by atoms with Gasteiger partial charge < -0.3 is 11.1 Å². The molecule has 1 unspecified atom stereocenters. The first-order valence-corrected chi connectivity index (χ1v) is 7.37. The number of carbonyl (C=O) groups excluding carboxylic acids is 1. The number of rotatable bonds is 4. The van der Waals surface area contributed by atoms with Crippen LogP contribution >= 0.6 is 0 Å². The average Bonchev–Trinajstić information content (AvgIpc) is 2.92. The molecule has 0 bridgehead atoms. The lowest BCUT2D eigenvalue weighted by molar-refractivity contribution is -0.122. The zero-order valence-electron chi connectivity index (χ0n) is 12.0. The summed E-state index contributed by atoms with van der Waals surface area (Å²) in [5.74, 6) is 0.0971. The summed E-state index contributed by atoms with van der Waals surface area (Å²) in [6.07, 6.45) is 6.45. The van der Waals surface area contributed by atoms with Gasteiger partial charge in [-0.1, -0.05) is 24.3 Å². The van der Waals surface area contributed by atoms with Crippen molar-refractivity contribution in [2.75, 3.05) is 12.3 Å². The Morgan fingerprint density at radius 3 is 3.10 bits per heavy atom. The van der Waals surface area contributed by atoms with Gasteiger partial charge in [0.25, 0.3) is 0 Å². The highest BCUT2D eigenvalue weighted by Gasteiger charge is 2.25. The summed E-state index contributed by atoms with van der Waals surface area (Å²) in [5, 5.41) is 7.11. The maximum Gasteiger partial charge on any atom is 0.227 e. The quantitative estimate of drug-likeness (QED) is 0.897. The monoisotopic (exact) mass is 284 g/mol. The van der Waals surface area contributed by atoms with Gasteiger partial charge in [0.05, 0.1) is 24.3 Å². The van der Waals surface area contributed by atoms with Crippen molar-refractivity contribution in [3.05, 3.63) is 47.8 Å². The number of hydrogen-bond donors (Lipinski definition) is 2. The Balaban J connectivity index is 1.59. The summed E-state index contributed by atoms with van der Waals surface area (Å²) in [7, 11) is 0. The van der Waals surface area contributed by atoms with E-state index in [1.165, 1.54) is 11.1 Å². The largest absolute Gasteiger partial charge is 0.396 e. The standard InChI is InChI=1S/C16H20N4O/c17-13-10-19-20(11-13)9-8-18-16(21)15-7-3-5-12-4-1-2-6-14(12)15/h1-2,4,6,10-11,15H,3,5,7-9,17H2,(H,18,21). The molecular weight excluding hydrogens is 264 g/mol. The summed E-state index contributed by atoms with van der Waals surface area (Å²) in [5.41, 5.74) is 8.74. The zero-order valence-corrected chi connectivity index (χ0v) is 12.0. The van der Waals surface area contributed by atoms with E-state index in [1.807, 2.05) is 12.1 Å². The van der Waals surface area contributed by atoms with E-state index in [-0.39, 0.29) is 11.8 Å². The van der Waals surface area contributed by atoms with Crippen molar-refractivity contribution in [2.45, 2.75) is 31.7 Å². The van der Waals surface area contributed by atoms with E-state index in [0.29, 0.717) is 18.8 Å². The normalized spacial score (nSPS) is 17.2. The van der Waals surface area contributed by atoms with Crippen molar-refractivity contribution >= 4 is 11.6 Å². The van der Waals surface area contributed by atoms with E-state index in [4.69, 9.17) is 5.73 Å². The Kier molecular flexibility index (Phi) is 3.90. The number of benzene rings is 1. The second-order valence-corrected chi connectivity index (χ2v) is 5.47. The van der Waals surface area contributed by atoms with Crippen molar-refractivity contribution in [1.82, 2.24) is 15.1 Å². The number of anilines is 1. The fraction of sp³-hybridized carbons (Fsp3) is 0.375. The number of amides is 1. The number of nitrogens with zero attached hydrogens (tertiary/aromatic N) is 2. The second-order valence-electron chi connectivity index (χ2n) is 5.47. The predicted octanol–water partition coefficient (Wildman–Crippen LogP) is 1.70. The lowest BCUT2D eigenvalue weighted by atomic mass is 9.82. The number of aryl methyl sites for hydroxylation is 1. The van der Waals surface area contributed by atoms with Crippen LogP contribution in [-0.4, -0.2) is 22.2 Å². The van der Waals surface area contributed by atoms with Crippen molar-refractivity contribution < 1.29 is 4.79 Å². The lowest BCUT2D eigenvalue weighted by Gasteiger charge is -2.24. The predicted molar refractivity (Wildman–Crippen MR) is 81.8 cm³/mol. The van der Waals surface area contributed by atoms with Crippen molar-refractivity contribution in [3.8, 4) is 0 Å². The lowest BCUT2D eigenvalue weighted by Crippen LogP contribution is -2.33. The van der Waals surface area contributed by atoms with E-state index in [0.717, 1.165) is 19.3 Å². The van der Waals surface area contributed by atoms with Crippen LogP contribution < -0.4 is 11.1 Å². The Morgan fingerprint density at radius 1 is 1.43 bits per heavy atom. The summed E-state index contributed by atoms with van der Waals surface area (Å²) >= 11 is 0. The van der Waals surface area contributed by atoms with Crippen LogP contribution in [0.2, 0.25) is 0 Å². The van der Waals surface area contributed by atoms with E-state index in [2.05, 4.69) is 22.5 Å². The molecule has 1 aliphatic carbocycles. The molecule has 3 rings (SSSR count). The molecule has 1 amide bonds. The van der Waals surface area contributed by atoms with Crippen molar-refractivity contribution in [1.29, 1.82) is 0 Å². The molecule has 1 atom stereocenters. The maximum atomic E-state index is 12.4. The number of hydrogen-bond acceptors (Lipinski definition) is 3. The van der Waals surface area contributed by atoms with Crippen LogP contribution in [0.25, 0.3) is 0 Å². The van der Waals surface area contributed by atoms with Gasteiger partial charge in [-0.2, -0.15) is 5.10 Å². The summed E-state index contributed by atoms with van der Waals surface area (Å²) in [6, 6.07) is 8.26. The molecule has 0 saturated heterocycles. The Hall–Kier alpha value is -2.30. The van der Waals surface area contributed by atoms with E-state index in [1.54, 1.807) is 17.1 Å². The smallest absolute Gasteiger partial charge is 0.227 e. The molecule has 5 heteroatoms. The maximum absolute atomic E-state index is 12.4. The summed E-state index contributed by atoms with van der Waals surface area (Å²) in [6.45, 7) is 1.20. The van der Waals surface area contributed by atoms with Gasteiger partial charge in [0.1, 0.15) is 0 Å². The zero-order chi connectivity index (χ0) is 14.7. The molecule has 0 spiro atoms. The van der Waals surface area contributed by atoms with Crippen LogP contribution in [0.5, 0.6) is 0 Å². The van der Waals surface area contributed by atoms with Crippen LogP contribution in [0.4, 0.5) is 5.69 Å². The topological polar surface area (TPSA) is 72.9 Å². The first-order chi connectivity index (χ1) is 10.2. The molecule has 2 aromatic rings. The van der Waals surface area contributed by atoms with Gasteiger partial charge in [-0.05, 0) is 30.4 Å². The van der Waals surface area contributed by atoms with E-state index < -0.39 is 0 Å². The molecule has 1 aromatic carbocycles. The number of aromatic nitrogens is 2. The van der Waals surface area contributed by atoms with Crippen LogP contribution in [0.1, 0.15) is 29.9 Å². The number of nitrogens with two attached hydrogens (primary N) is 1. The van der Waals surface area contributed by atoms with Crippen LogP contribution in [-0.2, 0) is 17.8 Å². The molecule has 110 valence electrons. The highest BCUT2D eigenvalue weighted by atomic mass is 16.1. The third-order valence-electron chi connectivity index (χ3n) is 3.98. The minimum Gasteiger partial charge on any atom is -0.396 e. The molecule has 5 nitrogen and oxygen atoms in total. The third kappa shape index (κ3) is 3.07. The minimum atomic E-state index is -0.0161. The highest BCUT2D eigenvalue weighted by molar-refractivity contribution is 5.84. The third-order valence-corrected chi connectivity index (χ3v) is 3.98. The summed E-state index contributed by atoms with van der Waals surface area (Å²) in [4.78, 5) is 12.4. The molecule has 1 heterocycles. The molecule has 21 heavy (non-hydrogen) atoms. The summed E-state index contributed by atoms with van der Waals surface area (Å²) < 4.78 is 1.74. The highest BCUT2D eigenvalue weighted by Crippen LogP contribution is 2.31. The van der Waals surface area contributed by atoms with Gasteiger partial charge in [-0.25, -0.2) is 0 Å². The molecule has 0 aliphatic heterocycles. The van der Waals surface area contributed by atoms with Gasteiger partial charge in [0.2, 0.25) is 5.91 Å². The second kappa shape index (κ2) is 5.99. The van der Waals surface area contributed by atoms with E-state index in [9.17, 15) is 4.79 Å². The first kappa shape index (κ1) is 13.7. The van der Waals surface area contributed by atoms with Crippen LogP contribution in [0.3, 0.4) is 0 Å². The minimum absolute atomic E-state index is 0.0161. The molecule has 1 aliphatic rings. The molecule has 0 radical (unpaired) electrons. The van der Waals surface area contributed by atoms with Crippen LogP contribution in [0.15, 0.2) is 36.7 Å². The number of nitrogens with one attached hydrogen (secondary N) is 1. The molecule has 0 saturated carbocycles. The fourth-order valence-electron chi connectivity index (χ4n) is 2.94. The van der Waals surface area contributed by atoms with Gasteiger partial charge in [0, 0.05) is 12.7 Å². The van der Waals surface area contributed by atoms with Crippen LogP contribution in [0, 0.1) is 0 Å². The van der Waals surface area contributed by atoms with Crippen molar-refractivity contribution in [3.63, 3.8) is 0 Å². The van der Waals surface area contributed by atoms with Crippen molar-refractivity contribution in [2.24, 2.45) is 0 Å². The molecule has 3 N–H and O–H groups in total. The van der Waals surface area contributed by atoms with Gasteiger partial charge in [0.15, 0.2) is 0 Å².